The van der Waals surface area contributed by atoms with Gasteiger partial charge in [0, 0.05) is 7.05 Å². The smallest absolute Gasteiger partial charge is 0.319 e. The second-order valence-electron chi connectivity index (χ2n) is 4.77. The summed E-state index contributed by atoms with van der Waals surface area (Å²) in [6, 6.07) is 2.66. The third-order valence-electron chi connectivity index (χ3n) is 3.30. The van der Waals surface area contributed by atoms with Gasteiger partial charge in [-0.15, -0.1) is 5.10 Å². The molecule has 0 aliphatic rings. The van der Waals surface area contributed by atoms with Crippen LogP contribution in [0.4, 0.5) is 18.9 Å². The van der Waals surface area contributed by atoms with Crippen LogP contribution in [0.2, 0.25) is 0 Å². The minimum absolute atomic E-state index is 0.218. The first kappa shape index (κ1) is 17.0. The molecule has 0 saturated carbocycles. The van der Waals surface area contributed by atoms with Gasteiger partial charge in [0.25, 0.3) is 5.16 Å². The van der Waals surface area contributed by atoms with Crippen molar-refractivity contribution < 1.29 is 26.3 Å². The zero-order valence-electron chi connectivity index (χ0n) is 12.8. The van der Waals surface area contributed by atoms with E-state index >= 15 is 0 Å². The number of sulfonamides is 1. The summed E-state index contributed by atoms with van der Waals surface area (Å²) in [5.41, 5.74) is -1.28. The van der Waals surface area contributed by atoms with Crippen molar-refractivity contribution in [1.82, 2.24) is 19.6 Å². The average molecular weight is 373 g/mol. The van der Waals surface area contributed by atoms with Gasteiger partial charge in [-0.05, 0) is 12.1 Å². The third-order valence-corrected chi connectivity index (χ3v) is 4.84. The molecule has 0 saturated heterocycles. The molecule has 8 nitrogen and oxygen atoms in total. The van der Waals surface area contributed by atoms with Gasteiger partial charge in [-0.25, -0.2) is 18.2 Å². The first-order valence-corrected chi connectivity index (χ1v) is 8.09. The second kappa shape index (κ2) is 5.88. The molecule has 1 aromatic carbocycles. The van der Waals surface area contributed by atoms with Gasteiger partial charge in [-0.2, -0.15) is 17.9 Å². The van der Waals surface area contributed by atoms with Crippen LogP contribution < -0.4 is 9.04 Å². The van der Waals surface area contributed by atoms with Gasteiger partial charge in [0.2, 0.25) is 0 Å². The van der Waals surface area contributed by atoms with Crippen LogP contribution >= 0.6 is 0 Å². The Bertz CT molecular complexity index is 1050. The highest BCUT2D eigenvalue weighted by molar-refractivity contribution is 7.92. The average Bonchev–Trinajstić information content (AvgIpc) is 3.02. The van der Waals surface area contributed by atoms with Crippen LogP contribution in [0.15, 0.2) is 29.6 Å². The van der Waals surface area contributed by atoms with E-state index in [1.54, 1.807) is 0 Å². The molecule has 0 radical (unpaired) electrons. The molecule has 132 valence electrons. The minimum Gasteiger partial charge on any atom is -0.467 e. The van der Waals surface area contributed by atoms with Gasteiger partial charge in [-0.3, -0.25) is 4.31 Å². The molecule has 0 aliphatic heterocycles. The molecule has 0 unspecified atom stereocenters. The van der Waals surface area contributed by atoms with E-state index in [1.165, 1.54) is 7.11 Å². The van der Waals surface area contributed by atoms with E-state index in [4.69, 9.17) is 4.74 Å². The third kappa shape index (κ3) is 2.63. The number of aromatic nitrogens is 4. The van der Waals surface area contributed by atoms with Crippen LogP contribution in [-0.4, -0.2) is 42.2 Å². The van der Waals surface area contributed by atoms with Crippen LogP contribution in [0.1, 0.15) is 0 Å². The fraction of sp³-hybridized carbons (Fsp3) is 0.154. The molecule has 0 fully saturated rings. The predicted molar refractivity (Wildman–Crippen MR) is 79.2 cm³/mol. The molecule has 0 amide bonds. The van der Waals surface area contributed by atoms with Crippen molar-refractivity contribution in [3.63, 3.8) is 0 Å². The Hall–Kier alpha value is -2.89. The zero-order chi connectivity index (χ0) is 18.4. The number of anilines is 1. The number of halogens is 3. The maximum Gasteiger partial charge on any atom is 0.319 e. The molecule has 0 N–H and O–H groups in total. The summed E-state index contributed by atoms with van der Waals surface area (Å²) in [7, 11) is -2.44. The number of hydrogen-bond donors (Lipinski definition) is 0. The lowest BCUT2D eigenvalue weighted by molar-refractivity contribution is 0.363. The van der Waals surface area contributed by atoms with Crippen molar-refractivity contribution in [2.45, 2.75) is 5.16 Å². The van der Waals surface area contributed by atoms with Gasteiger partial charge in [0.05, 0.1) is 13.3 Å². The van der Waals surface area contributed by atoms with Crippen molar-refractivity contribution in [2.24, 2.45) is 0 Å². The lowest BCUT2D eigenvalue weighted by Gasteiger charge is -2.18. The highest BCUT2D eigenvalue weighted by Crippen LogP contribution is 2.27. The summed E-state index contributed by atoms with van der Waals surface area (Å²) in [5, 5.41) is 2.75. The fourth-order valence-electron chi connectivity index (χ4n) is 2.09. The summed E-state index contributed by atoms with van der Waals surface area (Å²) in [6.07, 6.45) is 0.777. The van der Waals surface area contributed by atoms with Gasteiger partial charge < -0.3 is 4.74 Å². The van der Waals surface area contributed by atoms with E-state index in [2.05, 4.69) is 15.1 Å². The quantitative estimate of drug-likeness (QED) is 0.686. The molecule has 3 aromatic rings. The maximum atomic E-state index is 13.9. The van der Waals surface area contributed by atoms with Gasteiger partial charge in [0.15, 0.2) is 23.1 Å². The second-order valence-corrected chi connectivity index (χ2v) is 6.63. The summed E-state index contributed by atoms with van der Waals surface area (Å²) in [5.74, 6) is -3.14. The topological polar surface area (TPSA) is 89.7 Å². The molecule has 0 atom stereocenters. The van der Waals surface area contributed by atoms with Crippen molar-refractivity contribution in [1.29, 1.82) is 0 Å². The van der Waals surface area contributed by atoms with Crippen LogP contribution in [0.25, 0.3) is 5.65 Å². The van der Waals surface area contributed by atoms with Gasteiger partial charge in [-0.1, -0.05) is 6.07 Å². The summed E-state index contributed by atoms with van der Waals surface area (Å²) < 4.78 is 72.6. The number of rotatable bonds is 4. The largest absolute Gasteiger partial charge is 0.467 e. The molecule has 25 heavy (non-hydrogen) atoms. The van der Waals surface area contributed by atoms with Crippen LogP contribution in [-0.2, 0) is 10.0 Å². The lowest BCUT2D eigenvalue weighted by Crippen LogP contribution is -2.29. The molecule has 2 heterocycles. The molecule has 3 rings (SSSR count). The first-order valence-electron chi connectivity index (χ1n) is 6.65. The Kier molecular flexibility index (Phi) is 3.99. The Morgan fingerprint density at radius 1 is 1.16 bits per heavy atom. The van der Waals surface area contributed by atoms with Crippen molar-refractivity contribution in [3.05, 3.63) is 41.8 Å². The number of hydrogen-bond acceptors (Lipinski definition) is 6. The van der Waals surface area contributed by atoms with E-state index in [9.17, 15) is 21.6 Å². The Morgan fingerprint density at radius 3 is 2.40 bits per heavy atom. The fourth-order valence-corrected chi connectivity index (χ4v) is 3.13. The van der Waals surface area contributed by atoms with Crippen molar-refractivity contribution in [3.8, 4) is 6.01 Å². The number of ether oxygens (including phenoxy) is 1. The van der Waals surface area contributed by atoms with E-state index < -0.39 is 44.0 Å². The number of nitrogens with zero attached hydrogens (tertiary/aromatic N) is 5. The zero-order valence-corrected chi connectivity index (χ0v) is 13.6. The molecule has 12 heteroatoms. The Morgan fingerprint density at radius 2 is 1.80 bits per heavy atom. The predicted octanol–water partition coefficient (Wildman–Crippen LogP) is 1.38. The summed E-state index contributed by atoms with van der Waals surface area (Å²) in [4.78, 5) is 7.17. The van der Waals surface area contributed by atoms with Crippen molar-refractivity contribution >= 4 is 21.4 Å². The van der Waals surface area contributed by atoms with Crippen molar-refractivity contribution in [2.75, 3.05) is 18.5 Å². The van der Waals surface area contributed by atoms with E-state index in [-0.39, 0.29) is 6.01 Å². The monoisotopic (exact) mass is 373 g/mol. The molecule has 0 aliphatic carbocycles. The molecular formula is C13H10F3N5O3S. The van der Waals surface area contributed by atoms with E-state index in [0.717, 1.165) is 36.0 Å². The van der Waals surface area contributed by atoms with Crippen LogP contribution in [0.5, 0.6) is 6.01 Å². The minimum atomic E-state index is -4.58. The summed E-state index contributed by atoms with van der Waals surface area (Å²) in [6.45, 7) is 0. The van der Waals surface area contributed by atoms with E-state index in [0.29, 0.717) is 4.31 Å². The lowest BCUT2D eigenvalue weighted by atomic mass is 10.3. The first-order chi connectivity index (χ1) is 11.8. The van der Waals surface area contributed by atoms with E-state index in [1.807, 2.05) is 0 Å². The maximum absolute atomic E-state index is 13.9. The van der Waals surface area contributed by atoms with Crippen LogP contribution in [0.3, 0.4) is 0 Å². The number of benzene rings is 1. The number of fused-ring (bicyclic) bond motifs is 1. The Balaban J connectivity index is 2.18. The number of methoxy groups -OCH3 is 1. The molecule has 0 bridgehead atoms. The summed E-state index contributed by atoms with van der Waals surface area (Å²) >= 11 is 0. The Labute approximate surface area is 139 Å². The molecule has 2 aromatic heterocycles. The SMILES string of the molecule is COc1ncc(F)c2nc(S(=O)(=O)N(C)c3c(F)cccc3F)nn12. The van der Waals surface area contributed by atoms with Gasteiger partial charge in [0.1, 0.15) is 5.69 Å². The molecule has 0 spiro atoms. The highest BCUT2D eigenvalue weighted by atomic mass is 32.2. The number of para-hydroxylation sites is 1. The van der Waals surface area contributed by atoms with Crippen LogP contribution in [0, 0.1) is 17.5 Å². The standard InChI is InChI=1S/C13H10F3N5O3S/c1-20(10-7(14)4-3-5-8(10)15)25(22,23)12-18-11-9(16)6-17-13(24-2)21(11)19-12/h3-6H,1-2H3. The highest BCUT2D eigenvalue weighted by Gasteiger charge is 2.31. The van der Waals surface area contributed by atoms with Gasteiger partial charge >= 0.3 is 16.0 Å². The molecular weight excluding hydrogens is 363 g/mol. The normalized spacial score (nSPS) is 11.7.